The van der Waals surface area contributed by atoms with Gasteiger partial charge in [-0.15, -0.1) is 0 Å². The largest absolute Gasteiger partial charge is 0.399 e. The van der Waals surface area contributed by atoms with Gasteiger partial charge in [-0.2, -0.15) is 0 Å². The van der Waals surface area contributed by atoms with Gasteiger partial charge in [-0.1, -0.05) is 65.8 Å². The van der Waals surface area contributed by atoms with E-state index in [0.717, 1.165) is 117 Å². The maximum atomic E-state index is 12.3. The van der Waals surface area contributed by atoms with Crippen molar-refractivity contribution in [1.29, 1.82) is 0 Å². The van der Waals surface area contributed by atoms with Crippen molar-refractivity contribution in [2.75, 3.05) is 11.1 Å². The average Bonchev–Trinajstić information content (AvgIpc) is 3.99. The molecule has 74 heavy (non-hydrogen) atoms. The third kappa shape index (κ3) is 11.1. The number of anilines is 2. The van der Waals surface area contributed by atoms with Crippen molar-refractivity contribution < 1.29 is 24.1 Å². The highest BCUT2D eigenvalue weighted by Gasteiger charge is 2.25. The second-order valence-electron chi connectivity index (χ2n) is 17.6. The van der Waals surface area contributed by atoms with E-state index >= 15 is 0 Å². The van der Waals surface area contributed by atoms with Crippen LogP contribution in [0.4, 0.5) is 17.1 Å². The quantitative estimate of drug-likeness (QED) is 0.0985. The second kappa shape index (κ2) is 24.4. The predicted octanol–water partition coefficient (Wildman–Crippen LogP) is 14.9. The number of carbonyl (C=O) groups excluding carboxylic acids is 4. The van der Waals surface area contributed by atoms with Crippen LogP contribution < -0.4 is 11.1 Å². The summed E-state index contributed by atoms with van der Waals surface area (Å²) in [7, 11) is 0. The van der Waals surface area contributed by atoms with Gasteiger partial charge < -0.3 is 24.3 Å². The molecule has 0 saturated heterocycles. The predicted molar refractivity (Wildman–Crippen MR) is 300 cm³/mol. The molecule has 6 aromatic heterocycles. The number of Topliss-reactive ketones (excluding diaryl/α,β-unsaturated/α-hetero) is 3. The summed E-state index contributed by atoms with van der Waals surface area (Å²) in [6.45, 7) is 13.5. The normalized spacial score (nSPS) is 13.1. The van der Waals surface area contributed by atoms with Crippen LogP contribution in [-0.4, -0.2) is 41.4 Å². The highest BCUT2D eigenvalue weighted by atomic mass is 16.6. The van der Waals surface area contributed by atoms with Crippen molar-refractivity contribution in [1.82, 2.24) is 13.2 Å². The molecule has 6 heterocycles. The molecule has 0 unspecified atom stereocenters. The molecule has 3 aromatic carbocycles. The molecule has 3 N–H and O–H groups in total. The number of nitrogens with zero attached hydrogens (tertiary/aromatic N) is 4. The number of aryl methyl sites for hydroxylation is 3. The topological polar surface area (TPSA) is 163 Å². The first-order chi connectivity index (χ1) is 36.0. The molecule has 9 aromatic rings. The number of non-ortho nitro benzene ring substituents is 1. The summed E-state index contributed by atoms with van der Waals surface area (Å²) in [5, 5.41) is 13.6. The number of nitro benzene ring substituents is 1. The maximum absolute atomic E-state index is 12.3. The monoisotopic (exact) mass is 991 g/mol. The van der Waals surface area contributed by atoms with Gasteiger partial charge in [0.15, 0.2) is 17.3 Å². The van der Waals surface area contributed by atoms with Gasteiger partial charge in [-0.3, -0.25) is 29.3 Å². The Balaban J connectivity index is 0.000000154. The number of ketones is 3. The van der Waals surface area contributed by atoms with Crippen molar-refractivity contribution in [3.05, 3.63) is 190 Å². The minimum Gasteiger partial charge on any atom is -0.399 e. The summed E-state index contributed by atoms with van der Waals surface area (Å²) in [6.07, 6.45) is 19.3. The lowest BCUT2D eigenvalue weighted by Crippen LogP contribution is -2.05. The van der Waals surface area contributed by atoms with Crippen LogP contribution in [-0.2, 0) is 24.1 Å². The minimum absolute atomic E-state index is 0.0768. The number of aromatic nitrogens is 3. The smallest absolute Gasteiger partial charge is 0.269 e. The van der Waals surface area contributed by atoms with Crippen LogP contribution in [0.2, 0.25) is 0 Å². The molecule has 12 heteroatoms. The van der Waals surface area contributed by atoms with Crippen LogP contribution in [0, 0.1) is 10.1 Å². The molecule has 0 fully saturated rings. The van der Waals surface area contributed by atoms with Gasteiger partial charge in [0.2, 0.25) is 5.91 Å². The van der Waals surface area contributed by atoms with Crippen molar-refractivity contribution in [3.8, 4) is 33.4 Å². The van der Waals surface area contributed by atoms with Crippen molar-refractivity contribution >= 4 is 56.9 Å². The molecule has 0 saturated carbocycles. The highest BCUT2D eigenvalue weighted by molar-refractivity contribution is 6.06. The van der Waals surface area contributed by atoms with Crippen LogP contribution in [0.15, 0.2) is 146 Å². The van der Waals surface area contributed by atoms with Crippen LogP contribution in [0.25, 0.3) is 49.9 Å². The standard InChI is InChI=1S/C20H18N2O2.C18H14N2O3.C18H16N2O.3C2H6/c1-13(23)21-15-9-7-14(8-10-15)18-12-22-11-3-5-17-19(24)6-2-4-16(18)20(17)22;21-17-5-1-3-14-16(11-19-10-2-4-15(17)18(14)19)12-6-8-13(9-7-12)20(22)23;19-13-8-6-12(7-9-13)16-11-20-10-2-4-15-17(21)5-1-3-14(16)18(15)20;3*1-2/h3,5,7-12H,2,4,6H2,1H3,(H,21,23);2,4,6-11H,1,3,5H2;2,4,6-11H,1,3,5,19H2;3*1-2H3. The Morgan fingerprint density at radius 2 is 0.811 bits per heavy atom. The molecule has 12 nitrogen and oxygen atoms in total. The van der Waals surface area contributed by atoms with E-state index in [-0.39, 0.29) is 28.9 Å². The lowest BCUT2D eigenvalue weighted by Gasteiger charge is -2.06. The number of pyridine rings is 3. The average molecular weight is 991 g/mol. The number of hydrogen-bond acceptors (Lipinski definition) is 7. The minimum atomic E-state index is -0.397. The number of nitrogen functional groups attached to an aromatic ring is 1. The van der Waals surface area contributed by atoms with Crippen molar-refractivity contribution in [2.45, 2.75) is 106 Å². The Kier molecular flexibility index (Phi) is 17.6. The second-order valence-corrected chi connectivity index (χ2v) is 17.6. The first kappa shape index (κ1) is 53.4. The maximum Gasteiger partial charge on any atom is 0.269 e. The SMILES string of the molecule is CC.CC.CC.CC(=O)Nc1ccc(-c2cn3cccc4c3c2CCCC4=O)cc1.Nc1ccc(-c2cn3cccc4c3c2CCCC4=O)cc1.O=C1CCCc2c(-c3ccc([N+](=O)[O-])cc3)cn3cccc1c23. The number of rotatable bonds is 5. The third-order valence-corrected chi connectivity index (χ3v) is 13.2. The molecule has 3 aliphatic carbocycles. The zero-order valence-corrected chi connectivity index (χ0v) is 43.5. The van der Waals surface area contributed by atoms with E-state index < -0.39 is 4.92 Å². The van der Waals surface area contributed by atoms with Crippen LogP contribution in [0.1, 0.15) is 135 Å². The van der Waals surface area contributed by atoms with Crippen molar-refractivity contribution in [2.24, 2.45) is 0 Å². The first-order valence-corrected chi connectivity index (χ1v) is 26.0. The Bertz CT molecular complexity index is 3470. The zero-order valence-electron chi connectivity index (χ0n) is 43.5. The molecule has 0 aliphatic heterocycles. The molecule has 12 rings (SSSR count). The van der Waals surface area contributed by atoms with Crippen molar-refractivity contribution in [3.63, 3.8) is 0 Å². The zero-order chi connectivity index (χ0) is 53.1. The van der Waals surface area contributed by atoms with Gasteiger partial charge in [-0.05, 0) is 145 Å². The Morgan fingerprint density at radius 1 is 0.486 bits per heavy atom. The first-order valence-electron chi connectivity index (χ1n) is 26.0. The van der Waals surface area contributed by atoms with E-state index in [2.05, 4.69) is 26.5 Å². The number of carbonyl (C=O) groups is 4. The Labute approximate surface area is 433 Å². The summed E-state index contributed by atoms with van der Waals surface area (Å²) < 4.78 is 6.13. The molecular formula is C62H66N6O6. The van der Waals surface area contributed by atoms with E-state index in [4.69, 9.17) is 5.73 Å². The molecule has 0 bridgehead atoms. The van der Waals surface area contributed by atoms with Crippen LogP contribution >= 0.6 is 0 Å². The van der Waals surface area contributed by atoms with Crippen LogP contribution in [0.5, 0.6) is 0 Å². The lowest BCUT2D eigenvalue weighted by molar-refractivity contribution is -0.384. The number of benzene rings is 3. The molecule has 380 valence electrons. The van der Waals surface area contributed by atoms with E-state index in [1.807, 2.05) is 156 Å². The van der Waals surface area contributed by atoms with E-state index in [0.29, 0.717) is 19.3 Å². The van der Waals surface area contributed by atoms with E-state index in [1.54, 1.807) is 12.1 Å². The highest BCUT2D eigenvalue weighted by Crippen LogP contribution is 2.38. The van der Waals surface area contributed by atoms with Crippen LogP contribution in [0.3, 0.4) is 0 Å². The summed E-state index contributed by atoms with van der Waals surface area (Å²) in [6, 6.07) is 33.9. The number of amides is 1. The number of nitrogens with one attached hydrogen (secondary N) is 1. The number of nitrogens with two attached hydrogens (primary N) is 1. The lowest BCUT2D eigenvalue weighted by atomic mass is 10.00. The van der Waals surface area contributed by atoms with Gasteiger partial charge in [0.1, 0.15) is 0 Å². The Hall–Kier alpha value is -8.38. The van der Waals surface area contributed by atoms with E-state index in [9.17, 15) is 29.3 Å². The molecule has 3 aliphatic rings. The molecule has 0 atom stereocenters. The molecule has 0 spiro atoms. The molecule has 0 radical (unpaired) electrons. The summed E-state index contributed by atoms with van der Waals surface area (Å²) in [5.41, 5.74) is 23.2. The van der Waals surface area contributed by atoms with Gasteiger partial charge in [0.05, 0.1) is 21.5 Å². The van der Waals surface area contributed by atoms with Gasteiger partial charge in [0.25, 0.3) is 5.69 Å². The number of nitro groups is 1. The summed E-state index contributed by atoms with van der Waals surface area (Å²) >= 11 is 0. The third-order valence-electron chi connectivity index (χ3n) is 13.2. The van der Waals surface area contributed by atoms with E-state index in [1.165, 1.54) is 35.7 Å². The van der Waals surface area contributed by atoms with Gasteiger partial charge >= 0.3 is 0 Å². The van der Waals surface area contributed by atoms with Gasteiger partial charge in [0, 0.05) is 120 Å². The molecule has 1 amide bonds. The Morgan fingerprint density at radius 3 is 1.14 bits per heavy atom. The summed E-state index contributed by atoms with van der Waals surface area (Å²) in [4.78, 5) is 58.4. The summed E-state index contributed by atoms with van der Waals surface area (Å²) in [5.74, 6) is 0.584. The fourth-order valence-corrected chi connectivity index (χ4v) is 10.1. The fourth-order valence-electron chi connectivity index (χ4n) is 10.1. The van der Waals surface area contributed by atoms with Gasteiger partial charge in [-0.25, -0.2) is 0 Å². The number of hydrogen-bond donors (Lipinski definition) is 2. The fraction of sp³-hybridized carbons (Fsp3) is 0.258. The molecular weight excluding hydrogens is 925 g/mol.